The van der Waals surface area contributed by atoms with Crippen molar-refractivity contribution in [2.24, 2.45) is 0 Å². The van der Waals surface area contributed by atoms with Gasteiger partial charge in [0.2, 0.25) is 0 Å². The number of methoxy groups -OCH3 is 1. The minimum absolute atomic E-state index is 0.374. The Morgan fingerprint density at radius 2 is 1.92 bits per heavy atom. The molecule has 25 heavy (non-hydrogen) atoms. The fourth-order valence-corrected chi connectivity index (χ4v) is 2.26. The van der Waals surface area contributed by atoms with Crippen molar-refractivity contribution in [1.29, 1.82) is 0 Å². The summed E-state index contributed by atoms with van der Waals surface area (Å²) in [5.41, 5.74) is 1.65. The minimum atomic E-state index is -0.572. The molecule has 0 saturated heterocycles. The zero-order chi connectivity index (χ0) is 18.4. The molecule has 132 valence electrons. The van der Waals surface area contributed by atoms with Gasteiger partial charge in [-0.2, -0.15) is 0 Å². The van der Waals surface area contributed by atoms with Crippen LogP contribution in [0.3, 0.4) is 0 Å². The lowest BCUT2D eigenvalue weighted by molar-refractivity contribution is -0.119. The molecule has 6 nitrogen and oxygen atoms in total. The number of carbonyl (C=O) groups is 2. The highest BCUT2D eigenvalue weighted by Gasteiger charge is 2.13. The Morgan fingerprint density at radius 1 is 1.16 bits per heavy atom. The highest BCUT2D eigenvalue weighted by atomic mass is 35.5. The number of carbonyl (C=O) groups excluding carboxylic acids is 2. The Labute approximate surface area is 151 Å². The fourth-order valence-electron chi connectivity index (χ4n) is 2.09. The maximum absolute atomic E-state index is 12.1. The summed E-state index contributed by atoms with van der Waals surface area (Å²) in [6.45, 7) is -0.416. The molecule has 0 bridgehead atoms. The van der Waals surface area contributed by atoms with Gasteiger partial charge in [0.1, 0.15) is 5.75 Å². The third-order valence-electron chi connectivity index (χ3n) is 3.37. The first kappa shape index (κ1) is 18.6. The normalized spacial score (nSPS) is 10.1. The molecule has 0 heterocycles. The van der Waals surface area contributed by atoms with Crippen LogP contribution in [0.2, 0.25) is 5.02 Å². The molecule has 0 atom stereocenters. The minimum Gasteiger partial charge on any atom is -0.495 e. The molecule has 1 N–H and O–H groups in total. The molecule has 0 aliphatic heterocycles. The largest absolute Gasteiger partial charge is 0.495 e. The zero-order valence-corrected chi connectivity index (χ0v) is 15.0. The summed E-state index contributed by atoms with van der Waals surface area (Å²) < 4.78 is 10.2. The molecule has 0 aromatic heterocycles. The van der Waals surface area contributed by atoms with Crippen LogP contribution in [0.25, 0.3) is 0 Å². The predicted molar refractivity (Wildman–Crippen MR) is 97.7 cm³/mol. The number of halogens is 1. The van der Waals surface area contributed by atoms with Crippen molar-refractivity contribution in [2.45, 2.75) is 0 Å². The maximum atomic E-state index is 12.1. The van der Waals surface area contributed by atoms with Gasteiger partial charge in [0.25, 0.3) is 5.91 Å². The van der Waals surface area contributed by atoms with Crippen LogP contribution >= 0.6 is 11.6 Å². The van der Waals surface area contributed by atoms with Crippen molar-refractivity contribution in [3.63, 3.8) is 0 Å². The molecule has 0 radical (unpaired) electrons. The van der Waals surface area contributed by atoms with E-state index in [1.165, 1.54) is 7.11 Å². The van der Waals surface area contributed by atoms with E-state index in [0.717, 1.165) is 5.69 Å². The van der Waals surface area contributed by atoms with Crippen LogP contribution in [-0.4, -0.2) is 39.7 Å². The van der Waals surface area contributed by atoms with E-state index in [2.05, 4.69) is 5.32 Å². The van der Waals surface area contributed by atoms with Crippen molar-refractivity contribution in [1.82, 2.24) is 0 Å². The van der Waals surface area contributed by atoms with Crippen molar-refractivity contribution < 1.29 is 19.1 Å². The first-order valence-corrected chi connectivity index (χ1v) is 7.86. The number of nitrogens with zero attached hydrogens (tertiary/aromatic N) is 1. The average Bonchev–Trinajstić information content (AvgIpc) is 2.60. The number of ether oxygens (including phenoxy) is 2. The van der Waals surface area contributed by atoms with Crippen LogP contribution in [0.4, 0.5) is 11.4 Å². The number of nitrogens with one attached hydrogen (secondary N) is 1. The summed E-state index contributed by atoms with van der Waals surface area (Å²) in [7, 11) is 5.23. The van der Waals surface area contributed by atoms with E-state index in [0.29, 0.717) is 22.0 Å². The standard InChI is InChI=1S/C18H19ClN2O4/c1-21(2)14-6-4-5-12(9-14)18(23)25-11-17(22)20-15-10-13(19)7-8-16(15)24-3/h4-10H,11H2,1-3H3,(H,20,22). The van der Waals surface area contributed by atoms with Crippen molar-refractivity contribution in [3.05, 3.63) is 53.1 Å². The number of esters is 1. The van der Waals surface area contributed by atoms with Gasteiger partial charge in [-0.3, -0.25) is 4.79 Å². The lowest BCUT2D eigenvalue weighted by atomic mass is 10.2. The molecule has 0 aliphatic rings. The fraction of sp³-hybridized carbons (Fsp3) is 0.222. The predicted octanol–water partition coefficient (Wildman–Crippen LogP) is 3.21. The Kier molecular flexibility index (Phi) is 6.25. The van der Waals surface area contributed by atoms with E-state index in [1.807, 2.05) is 25.1 Å². The van der Waals surface area contributed by atoms with Crippen molar-refractivity contribution >= 4 is 34.9 Å². The van der Waals surface area contributed by atoms with Gasteiger partial charge in [-0.15, -0.1) is 0 Å². The van der Waals surface area contributed by atoms with E-state index in [-0.39, 0.29) is 0 Å². The number of rotatable bonds is 6. The third kappa shape index (κ3) is 5.12. The number of hydrogen-bond acceptors (Lipinski definition) is 5. The molecule has 7 heteroatoms. The zero-order valence-electron chi connectivity index (χ0n) is 14.2. The molecule has 0 unspecified atom stereocenters. The summed E-state index contributed by atoms with van der Waals surface area (Å²) in [6, 6.07) is 11.8. The monoisotopic (exact) mass is 362 g/mol. The van der Waals surface area contributed by atoms with E-state index in [1.54, 1.807) is 36.4 Å². The molecule has 0 aliphatic carbocycles. The molecule has 0 spiro atoms. The van der Waals surface area contributed by atoms with E-state index < -0.39 is 18.5 Å². The highest BCUT2D eigenvalue weighted by molar-refractivity contribution is 6.31. The molecular formula is C18H19ClN2O4. The van der Waals surface area contributed by atoms with Gasteiger partial charge in [0, 0.05) is 24.8 Å². The molecule has 2 aromatic rings. The Hall–Kier alpha value is -2.73. The quantitative estimate of drug-likeness (QED) is 0.799. The smallest absolute Gasteiger partial charge is 0.338 e. The van der Waals surface area contributed by atoms with E-state index in [9.17, 15) is 9.59 Å². The summed E-state index contributed by atoms with van der Waals surface area (Å²) in [6.07, 6.45) is 0. The second-order valence-electron chi connectivity index (χ2n) is 5.41. The average molecular weight is 363 g/mol. The summed E-state index contributed by atoms with van der Waals surface area (Å²) >= 11 is 5.91. The third-order valence-corrected chi connectivity index (χ3v) is 3.60. The molecule has 2 rings (SSSR count). The number of anilines is 2. The molecule has 0 saturated carbocycles. The lowest BCUT2D eigenvalue weighted by Crippen LogP contribution is -2.21. The van der Waals surface area contributed by atoms with Crippen LogP contribution in [-0.2, 0) is 9.53 Å². The Bertz CT molecular complexity index is 777. The molecule has 2 aromatic carbocycles. The molecule has 0 fully saturated rings. The van der Waals surface area contributed by atoms with Gasteiger partial charge in [-0.05, 0) is 36.4 Å². The highest BCUT2D eigenvalue weighted by Crippen LogP contribution is 2.27. The Balaban J connectivity index is 1.97. The van der Waals surface area contributed by atoms with Gasteiger partial charge >= 0.3 is 5.97 Å². The second-order valence-corrected chi connectivity index (χ2v) is 5.85. The number of benzene rings is 2. The number of hydrogen-bond donors (Lipinski definition) is 1. The van der Waals surface area contributed by atoms with Crippen LogP contribution in [0, 0.1) is 0 Å². The SMILES string of the molecule is COc1ccc(Cl)cc1NC(=O)COC(=O)c1cccc(N(C)C)c1. The topological polar surface area (TPSA) is 67.9 Å². The van der Waals surface area contributed by atoms with Gasteiger partial charge in [0.15, 0.2) is 6.61 Å². The summed E-state index contributed by atoms with van der Waals surface area (Å²) in [5.74, 6) is -0.600. The van der Waals surface area contributed by atoms with Crippen LogP contribution < -0.4 is 15.0 Å². The lowest BCUT2D eigenvalue weighted by Gasteiger charge is -2.13. The van der Waals surface area contributed by atoms with Gasteiger partial charge < -0.3 is 19.7 Å². The van der Waals surface area contributed by atoms with Crippen LogP contribution in [0.1, 0.15) is 10.4 Å². The van der Waals surface area contributed by atoms with Crippen LogP contribution in [0.15, 0.2) is 42.5 Å². The van der Waals surface area contributed by atoms with E-state index >= 15 is 0 Å². The van der Waals surface area contributed by atoms with Crippen LogP contribution in [0.5, 0.6) is 5.75 Å². The Morgan fingerprint density at radius 3 is 2.60 bits per heavy atom. The van der Waals surface area contributed by atoms with Crippen molar-refractivity contribution in [3.8, 4) is 5.75 Å². The summed E-state index contributed by atoms with van der Waals surface area (Å²) in [4.78, 5) is 26.0. The van der Waals surface area contributed by atoms with E-state index in [4.69, 9.17) is 21.1 Å². The molecule has 1 amide bonds. The van der Waals surface area contributed by atoms with Crippen molar-refractivity contribution in [2.75, 3.05) is 38.0 Å². The van der Waals surface area contributed by atoms with Gasteiger partial charge in [-0.1, -0.05) is 17.7 Å². The summed E-state index contributed by atoms with van der Waals surface area (Å²) in [5, 5.41) is 3.06. The maximum Gasteiger partial charge on any atom is 0.338 e. The van der Waals surface area contributed by atoms with Gasteiger partial charge in [0.05, 0.1) is 18.4 Å². The first-order chi connectivity index (χ1) is 11.9. The second kappa shape index (κ2) is 8.39. The molecular weight excluding hydrogens is 344 g/mol. The number of amides is 1. The first-order valence-electron chi connectivity index (χ1n) is 7.48. The van der Waals surface area contributed by atoms with Gasteiger partial charge in [-0.25, -0.2) is 4.79 Å².